The molecule has 134 valence electrons. The number of rotatable bonds is 5. The molecule has 1 fully saturated rings. The Balaban J connectivity index is 1.99. The molecule has 25 heavy (non-hydrogen) atoms. The molecular weight excluding hydrogens is 338 g/mol. The van der Waals surface area contributed by atoms with Crippen LogP contribution in [0.2, 0.25) is 0 Å². The van der Waals surface area contributed by atoms with Crippen LogP contribution in [0.25, 0.3) is 0 Å². The van der Waals surface area contributed by atoms with E-state index in [4.69, 9.17) is 9.47 Å². The molecule has 5 nitrogen and oxygen atoms in total. The average molecular weight is 361 g/mol. The van der Waals surface area contributed by atoms with Gasteiger partial charge in [0.2, 0.25) is 10.0 Å². The van der Waals surface area contributed by atoms with Gasteiger partial charge in [0.1, 0.15) is 11.5 Å². The standard InChI is InChI=1S/C19H23NO4S/c1-14-6-9-16(10-7-14)25(21,22)20-12-4-5-18(20)17-11-8-15(23-2)13-19(17)24-3/h6-11,13,18H,4-5,12H2,1-3H3/t18-/m1/s1. The zero-order valence-corrected chi connectivity index (χ0v) is 15.5. The third-order valence-corrected chi connectivity index (χ3v) is 6.55. The van der Waals surface area contributed by atoms with E-state index >= 15 is 0 Å². The lowest BCUT2D eigenvalue weighted by Crippen LogP contribution is -2.30. The van der Waals surface area contributed by atoms with Gasteiger partial charge in [-0.05, 0) is 38.0 Å². The zero-order valence-electron chi connectivity index (χ0n) is 14.7. The van der Waals surface area contributed by atoms with E-state index in [2.05, 4.69) is 0 Å². The van der Waals surface area contributed by atoms with Crippen molar-refractivity contribution in [1.82, 2.24) is 4.31 Å². The molecule has 0 unspecified atom stereocenters. The summed E-state index contributed by atoms with van der Waals surface area (Å²) in [7, 11) is -0.362. The van der Waals surface area contributed by atoms with Crippen molar-refractivity contribution >= 4 is 10.0 Å². The van der Waals surface area contributed by atoms with Crippen LogP contribution in [0.15, 0.2) is 47.4 Å². The average Bonchev–Trinajstić information content (AvgIpc) is 3.12. The van der Waals surface area contributed by atoms with Crippen LogP contribution in [0.3, 0.4) is 0 Å². The Morgan fingerprint density at radius 1 is 1.04 bits per heavy atom. The van der Waals surface area contributed by atoms with Crippen LogP contribution < -0.4 is 9.47 Å². The zero-order chi connectivity index (χ0) is 18.0. The van der Waals surface area contributed by atoms with Crippen LogP contribution in [0.1, 0.15) is 30.0 Å². The molecule has 0 aromatic heterocycles. The number of sulfonamides is 1. The van der Waals surface area contributed by atoms with E-state index in [1.54, 1.807) is 36.7 Å². The summed E-state index contributed by atoms with van der Waals surface area (Å²) in [6.07, 6.45) is 1.60. The Labute approximate surface area is 149 Å². The highest BCUT2D eigenvalue weighted by Gasteiger charge is 2.37. The number of methoxy groups -OCH3 is 2. The summed E-state index contributed by atoms with van der Waals surface area (Å²) >= 11 is 0. The molecule has 1 saturated heterocycles. The van der Waals surface area contributed by atoms with Crippen molar-refractivity contribution in [2.45, 2.75) is 30.7 Å². The maximum absolute atomic E-state index is 13.1. The predicted molar refractivity (Wildman–Crippen MR) is 96.6 cm³/mol. The molecule has 1 atom stereocenters. The summed E-state index contributed by atoms with van der Waals surface area (Å²) in [5.74, 6) is 1.34. The molecular formula is C19H23NO4S. The van der Waals surface area contributed by atoms with Gasteiger partial charge in [-0.3, -0.25) is 0 Å². The van der Waals surface area contributed by atoms with Crippen molar-refractivity contribution in [3.05, 3.63) is 53.6 Å². The first-order valence-electron chi connectivity index (χ1n) is 8.28. The van der Waals surface area contributed by atoms with Crippen LogP contribution in [0.5, 0.6) is 11.5 Å². The fourth-order valence-electron chi connectivity index (χ4n) is 3.28. The SMILES string of the molecule is COc1ccc([C@H]2CCCN2S(=O)(=O)c2ccc(C)cc2)c(OC)c1. The normalized spacial score (nSPS) is 18.3. The topological polar surface area (TPSA) is 55.8 Å². The molecule has 1 aliphatic heterocycles. The van der Waals surface area contributed by atoms with Gasteiger partial charge in [0.15, 0.2) is 0 Å². The lowest BCUT2D eigenvalue weighted by molar-refractivity contribution is 0.361. The molecule has 1 aliphatic rings. The Morgan fingerprint density at radius 2 is 1.76 bits per heavy atom. The molecule has 0 aliphatic carbocycles. The first-order valence-corrected chi connectivity index (χ1v) is 9.72. The summed E-state index contributed by atoms with van der Waals surface area (Å²) in [6, 6.07) is 12.3. The van der Waals surface area contributed by atoms with Crippen LogP contribution in [-0.4, -0.2) is 33.5 Å². The largest absolute Gasteiger partial charge is 0.497 e. The molecule has 0 spiro atoms. The molecule has 0 amide bonds. The molecule has 2 aromatic carbocycles. The maximum atomic E-state index is 13.1. The van der Waals surface area contributed by atoms with Crippen molar-refractivity contribution in [2.75, 3.05) is 20.8 Å². The van der Waals surface area contributed by atoms with Gasteiger partial charge in [0.05, 0.1) is 25.2 Å². The van der Waals surface area contributed by atoms with E-state index in [1.165, 1.54) is 0 Å². The molecule has 0 bridgehead atoms. The van der Waals surface area contributed by atoms with Crippen molar-refractivity contribution in [3.63, 3.8) is 0 Å². The van der Waals surface area contributed by atoms with Gasteiger partial charge >= 0.3 is 0 Å². The van der Waals surface area contributed by atoms with E-state index in [0.717, 1.165) is 24.0 Å². The predicted octanol–water partition coefficient (Wildman–Crippen LogP) is 3.54. The minimum absolute atomic E-state index is 0.229. The van der Waals surface area contributed by atoms with Gasteiger partial charge in [0.25, 0.3) is 0 Å². The fraction of sp³-hybridized carbons (Fsp3) is 0.368. The highest BCUT2D eigenvalue weighted by molar-refractivity contribution is 7.89. The number of nitrogens with zero attached hydrogens (tertiary/aromatic N) is 1. The highest BCUT2D eigenvalue weighted by Crippen LogP contribution is 2.41. The lowest BCUT2D eigenvalue weighted by atomic mass is 10.0. The van der Waals surface area contributed by atoms with Crippen LogP contribution in [0.4, 0.5) is 0 Å². The van der Waals surface area contributed by atoms with Crippen LogP contribution >= 0.6 is 0 Å². The summed E-state index contributed by atoms with van der Waals surface area (Å²) in [5, 5.41) is 0. The van der Waals surface area contributed by atoms with Gasteiger partial charge < -0.3 is 9.47 Å². The van der Waals surface area contributed by atoms with Crippen molar-refractivity contribution in [1.29, 1.82) is 0 Å². The smallest absolute Gasteiger partial charge is 0.243 e. The third-order valence-electron chi connectivity index (χ3n) is 4.63. The summed E-state index contributed by atoms with van der Waals surface area (Å²) in [5.41, 5.74) is 1.91. The molecule has 0 radical (unpaired) electrons. The Kier molecular flexibility index (Phi) is 5.01. The number of benzene rings is 2. The number of ether oxygens (including phenoxy) is 2. The fourth-order valence-corrected chi connectivity index (χ4v) is 4.95. The molecule has 3 rings (SSSR count). The second kappa shape index (κ2) is 7.06. The van der Waals surface area contributed by atoms with Crippen molar-refractivity contribution in [2.24, 2.45) is 0 Å². The molecule has 2 aromatic rings. The quantitative estimate of drug-likeness (QED) is 0.817. The number of hydrogen-bond acceptors (Lipinski definition) is 4. The van der Waals surface area contributed by atoms with E-state index in [0.29, 0.717) is 22.9 Å². The second-order valence-electron chi connectivity index (χ2n) is 6.19. The van der Waals surface area contributed by atoms with E-state index < -0.39 is 10.0 Å². The molecule has 6 heteroatoms. The first-order chi connectivity index (χ1) is 12.0. The monoisotopic (exact) mass is 361 g/mol. The number of hydrogen-bond donors (Lipinski definition) is 0. The Bertz CT molecular complexity index is 846. The van der Waals surface area contributed by atoms with Crippen molar-refractivity contribution in [3.8, 4) is 11.5 Å². The van der Waals surface area contributed by atoms with Gasteiger partial charge in [-0.2, -0.15) is 4.31 Å². The van der Waals surface area contributed by atoms with Gasteiger partial charge in [-0.25, -0.2) is 8.42 Å². The van der Waals surface area contributed by atoms with E-state index in [-0.39, 0.29) is 6.04 Å². The lowest BCUT2D eigenvalue weighted by Gasteiger charge is -2.26. The minimum Gasteiger partial charge on any atom is -0.497 e. The van der Waals surface area contributed by atoms with Gasteiger partial charge in [-0.15, -0.1) is 0 Å². The minimum atomic E-state index is -3.55. The second-order valence-corrected chi connectivity index (χ2v) is 8.09. The number of aryl methyl sites for hydroxylation is 1. The molecule has 0 saturated carbocycles. The van der Waals surface area contributed by atoms with E-state index in [1.807, 2.05) is 31.2 Å². The third kappa shape index (κ3) is 3.37. The maximum Gasteiger partial charge on any atom is 0.243 e. The first kappa shape index (κ1) is 17.8. The molecule has 0 N–H and O–H groups in total. The highest BCUT2D eigenvalue weighted by atomic mass is 32.2. The summed E-state index contributed by atoms with van der Waals surface area (Å²) in [6.45, 7) is 2.45. The summed E-state index contributed by atoms with van der Waals surface area (Å²) in [4.78, 5) is 0.331. The van der Waals surface area contributed by atoms with Gasteiger partial charge in [-0.1, -0.05) is 23.8 Å². The van der Waals surface area contributed by atoms with E-state index in [9.17, 15) is 8.42 Å². The molecule has 1 heterocycles. The van der Waals surface area contributed by atoms with Crippen LogP contribution in [0, 0.1) is 6.92 Å². The Hall–Kier alpha value is -2.05. The van der Waals surface area contributed by atoms with Crippen LogP contribution in [-0.2, 0) is 10.0 Å². The summed E-state index contributed by atoms with van der Waals surface area (Å²) < 4.78 is 38.5. The van der Waals surface area contributed by atoms with Crippen molar-refractivity contribution < 1.29 is 17.9 Å². The van der Waals surface area contributed by atoms with Gasteiger partial charge in [0, 0.05) is 18.2 Å². The Morgan fingerprint density at radius 3 is 2.40 bits per heavy atom.